The second-order valence-corrected chi connectivity index (χ2v) is 8.29. The van der Waals surface area contributed by atoms with Crippen molar-refractivity contribution in [2.75, 3.05) is 0 Å². The topological polar surface area (TPSA) is 49.4 Å². The largest absolute Gasteiger partial charge is 0.352 e. The Bertz CT molecular complexity index is 868. The molecular formula is C23H28Cl2N2O2. The van der Waals surface area contributed by atoms with E-state index in [0.717, 1.165) is 16.7 Å². The first kappa shape index (κ1) is 23.2. The molecule has 0 aliphatic heterocycles. The molecule has 4 nitrogen and oxygen atoms in total. The predicted octanol–water partition coefficient (Wildman–Crippen LogP) is 5.18. The fourth-order valence-electron chi connectivity index (χ4n) is 3.21. The van der Waals surface area contributed by atoms with Gasteiger partial charge in [-0.25, -0.2) is 0 Å². The molecule has 1 atom stereocenters. The minimum Gasteiger partial charge on any atom is -0.352 e. The first-order valence-electron chi connectivity index (χ1n) is 9.81. The average molecular weight is 435 g/mol. The lowest BCUT2D eigenvalue weighted by Crippen LogP contribution is -2.50. The second-order valence-electron chi connectivity index (χ2n) is 7.45. The molecule has 0 aliphatic rings. The highest BCUT2D eigenvalue weighted by Crippen LogP contribution is 2.24. The molecule has 0 fully saturated rings. The molecule has 0 spiro atoms. The third-order valence-corrected chi connectivity index (χ3v) is 5.36. The van der Waals surface area contributed by atoms with Gasteiger partial charge >= 0.3 is 0 Å². The molecule has 2 rings (SSSR count). The van der Waals surface area contributed by atoms with Crippen molar-refractivity contribution in [3.63, 3.8) is 0 Å². The number of aryl methyl sites for hydroxylation is 1. The number of carbonyl (C=O) groups is 2. The normalized spacial score (nSPS) is 12.0. The van der Waals surface area contributed by atoms with Gasteiger partial charge < -0.3 is 10.2 Å². The molecule has 0 bridgehead atoms. The third kappa shape index (κ3) is 6.48. The van der Waals surface area contributed by atoms with Crippen LogP contribution in [-0.2, 0) is 22.6 Å². The van der Waals surface area contributed by atoms with E-state index in [0.29, 0.717) is 16.5 Å². The molecule has 1 N–H and O–H groups in total. The molecule has 0 unspecified atom stereocenters. The SMILES string of the molecule is CC[C@@H](C(=O)NC(C)C)N(Cc1ccc(Cl)cc1Cl)C(=O)Cc1ccccc1C. The molecule has 156 valence electrons. The Morgan fingerprint density at radius 1 is 1.07 bits per heavy atom. The minimum absolute atomic E-state index is 0.0102. The zero-order valence-corrected chi connectivity index (χ0v) is 18.8. The summed E-state index contributed by atoms with van der Waals surface area (Å²) in [6.45, 7) is 7.93. The highest BCUT2D eigenvalue weighted by Gasteiger charge is 2.29. The van der Waals surface area contributed by atoms with Crippen molar-refractivity contribution in [3.05, 3.63) is 69.2 Å². The van der Waals surface area contributed by atoms with E-state index in [-0.39, 0.29) is 30.8 Å². The van der Waals surface area contributed by atoms with Crippen molar-refractivity contribution in [1.82, 2.24) is 10.2 Å². The number of halogens is 2. The first-order valence-corrected chi connectivity index (χ1v) is 10.6. The predicted molar refractivity (Wildman–Crippen MR) is 119 cm³/mol. The molecule has 0 aliphatic carbocycles. The molecule has 6 heteroatoms. The lowest BCUT2D eigenvalue weighted by Gasteiger charge is -2.31. The smallest absolute Gasteiger partial charge is 0.243 e. The minimum atomic E-state index is -0.583. The van der Waals surface area contributed by atoms with Gasteiger partial charge in [-0.3, -0.25) is 9.59 Å². The van der Waals surface area contributed by atoms with E-state index < -0.39 is 6.04 Å². The van der Waals surface area contributed by atoms with Crippen LogP contribution < -0.4 is 5.32 Å². The Morgan fingerprint density at radius 2 is 1.76 bits per heavy atom. The average Bonchev–Trinajstić information content (AvgIpc) is 2.64. The lowest BCUT2D eigenvalue weighted by atomic mass is 10.0. The molecular weight excluding hydrogens is 407 g/mol. The van der Waals surface area contributed by atoms with E-state index in [9.17, 15) is 9.59 Å². The zero-order chi connectivity index (χ0) is 21.6. The summed E-state index contributed by atoms with van der Waals surface area (Å²) >= 11 is 12.4. The molecule has 0 aromatic heterocycles. The molecule has 0 heterocycles. The van der Waals surface area contributed by atoms with E-state index in [4.69, 9.17) is 23.2 Å². The van der Waals surface area contributed by atoms with E-state index >= 15 is 0 Å². The van der Waals surface area contributed by atoms with E-state index in [1.54, 1.807) is 23.1 Å². The van der Waals surface area contributed by atoms with Crippen LogP contribution in [0.25, 0.3) is 0 Å². The maximum absolute atomic E-state index is 13.3. The van der Waals surface area contributed by atoms with E-state index in [1.807, 2.05) is 52.0 Å². The Kier molecular flexibility index (Phi) is 8.54. The summed E-state index contributed by atoms with van der Waals surface area (Å²) in [6.07, 6.45) is 0.729. The number of rotatable bonds is 8. The number of amides is 2. The van der Waals surface area contributed by atoms with Crippen LogP contribution in [0.15, 0.2) is 42.5 Å². The van der Waals surface area contributed by atoms with Gasteiger partial charge in [0.1, 0.15) is 6.04 Å². The summed E-state index contributed by atoms with van der Waals surface area (Å²) in [6, 6.07) is 12.4. The van der Waals surface area contributed by atoms with Gasteiger partial charge in [-0.1, -0.05) is 60.5 Å². The van der Waals surface area contributed by atoms with Crippen LogP contribution in [0.1, 0.15) is 43.9 Å². The maximum Gasteiger partial charge on any atom is 0.243 e. The van der Waals surface area contributed by atoms with Crippen LogP contribution in [0.4, 0.5) is 0 Å². The van der Waals surface area contributed by atoms with Crippen molar-refractivity contribution in [3.8, 4) is 0 Å². The Labute approximate surface area is 183 Å². The fourth-order valence-corrected chi connectivity index (χ4v) is 3.67. The summed E-state index contributed by atoms with van der Waals surface area (Å²) in [5.41, 5.74) is 2.75. The molecule has 0 saturated carbocycles. The molecule has 0 radical (unpaired) electrons. The van der Waals surface area contributed by atoms with Gasteiger partial charge in [0, 0.05) is 22.6 Å². The molecule has 2 aromatic carbocycles. The van der Waals surface area contributed by atoms with Gasteiger partial charge in [-0.2, -0.15) is 0 Å². The molecule has 0 saturated heterocycles. The molecule has 2 aromatic rings. The van der Waals surface area contributed by atoms with Crippen molar-refractivity contribution in [2.24, 2.45) is 0 Å². The maximum atomic E-state index is 13.3. The fraction of sp³-hybridized carbons (Fsp3) is 0.391. The zero-order valence-electron chi connectivity index (χ0n) is 17.3. The highest BCUT2D eigenvalue weighted by atomic mass is 35.5. The first-order chi connectivity index (χ1) is 13.7. The summed E-state index contributed by atoms with van der Waals surface area (Å²) < 4.78 is 0. The van der Waals surface area contributed by atoms with Crippen LogP contribution in [0, 0.1) is 6.92 Å². The number of nitrogens with one attached hydrogen (secondary N) is 1. The van der Waals surface area contributed by atoms with E-state index in [2.05, 4.69) is 5.32 Å². The van der Waals surface area contributed by atoms with Crippen LogP contribution in [0.2, 0.25) is 10.0 Å². The number of nitrogens with zero attached hydrogens (tertiary/aromatic N) is 1. The van der Waals surface area contributed by atoms with Gasteiger partial charge in [0.15, 0.2) is 0 Å². The number of carbonyl (C=O) groups excluding carboxylic acids is 2. The van der Waals surface area contributed by atoms with Crippen molar-refractivity contribution in [1.29, 1.82) is 0 Å². The summed E-state index contributed by atoms with van der Waals surface area (Å²) in [7, 11) is 0. The lowest BCUT2D eigenvalue weighted by molar-refractivity contribution is -0.141. The van der Waals surface area contributed by atoms with Gasteiger partial charge in [0.05, 0.1) is 6.42 Å². The van der Waals surface area contributed by atoms with Crippen LogP contribution in [-0.4, -0.2) is 28.8 Å². The van der Waals surface area contributed by atoms with E-state index in [1.165, 1.54) is 0 Å². The van der Waals surface area contributed by atoms with Crippen molar-refractivity contribution < 1.29 is 9.59 Å². The standard InChI is InChI=1S/C23H28Cl2N2O2/c1-5-21(23(29)26-15(2)3)27(14-18-10-11-19(24)13-20(18)25)22(28)12-17-9-7-6-8-16(17)4/h6-11,13,15,21H,5,12,14H2,1-4H3,(H,26,29)/t21-/m0/s1. The van der Waals surface area contributed by atoms with Crippen molar-refractivity contribution >= 4 is 35.0 Å². The summed E-state index contributed by atoms with van der Waals surface area (Å²) in [4.78, 5) is 27.8. The van der Waals surface area contributed by atoms with Crippen LogP contribution in [0.5, 0.6) is 0 Å². The Hall–Kier alpha value is -2.04. The number of hydrogen-bond acceptors (Lipinski definition) is 2. The number of hydrogen-bond donors (Lipinski definition) is 1. The van der Waals surface area contributed by atoms with Gasteiger partial charge in [0.25, 0.3) is 0 Å². The van der Waals surface area contributed by atoms with Crippen LogP contribution >= 0.6 is 23.2 Å². The quantitative estimate of drug-likeness (QED) is 0.622. The van der Waals surface area contributed by atoms with Gasteiger partial charge in [-0.05, 0) is 56.0 Å². The van der Waals surface area contributed by atoms with Gasteiger partial charge in [-0.15, -0.1) is 0 Å². The van der Waals surface area contributed by atoms with Crippen molar-refractivity contribution in [2.45, 2.75) is 59.2 Å². The summed E-state index contributed by atoms with van der Waals surface area (Å²) in [5.74, 6) is -0.276. The molecule has 29 heavy (non-hydrogen) atoms. The monoisotopic (exact) mass is 434 g/mol. The van der Waals surface area contributed by atoms with Gasteiger partial charge in [0.2, 0.25) is 11.8 Å². The number of benzene rings is 2. The Balaban J connectivity index is 2.36. The third-order valence-electron chi connectivity index (χ3n) is 4.78. The second kappa shape index (κ2) is 10.7. The molecule has 2 amide bonds. The Morgan fingerprint density at radius 3 is 2.34 bits per heavy atom. The van der Waals surface area contributed by atoms with Crippen LogP contribution in [0.3, 0.4) is 0 Å². The summed E-state index contributed by atoms with van der Waals surface area (Å²) in [5, 5.41) is 3.93. The highest BCUT2D eigenvalue weighted by molar-refractivity contribution is 6.35.